The van der Waals surface area contributed by atoms with E-state index in [-0.39, 0.29) is 18.3 Å². The van der Waals surface area contributed by atoms with Crippen molar-refractivity contribution in [2.45, 2.75) is 45.3 Å². The van der Waals surface area contributed by atoms with Crippen LogP contribution in [0.3, 0.4) is 0 Å². The third-order valence-corrected chi connectivity index (χ3v) is 9.27. The van der Waals surface area contributed by atoms with Crippen LogP contribution in [0.5, 0.6) is 5.75 Å². The number of piperidine rings is 1. The Morgan fingerprint density at radius 3 is 2.47 bits per heavy atom. The number of aryl methyl sites for hydroxylation is 2. The fourth-order valence-electron chi connectivity index (χ4n) is 6.59. The predicted octanol–water partition coefficient (Wildman–Crippen LogP) is 4.34. The van der Waals surface area contributed by atoms with E-state index in [0.717, 1.165) is 53.4 Å². The number of methoxy groups -OCH3 is 1. The summed E-state index contributed by atoms with van der Waals surface area (Å²) in [6, 6.07) is 25.6. The van der Waals surface area contributed by atoms with Crippen molar-refractivity contribution in [1.29, 1.82) is 0 Å². The Bertz CT molecular complexity index is 2130. The lowest BCUT2D eigenvalue weighted by Crippen LogP contribution is -2.60. The predicted molar refractivity (Wildman–Crippen MR) is 186 cm³/mol. The molecule has 0 spiro atoms. The molecule has 12 nitrogen and oxygen atoms in total. The molecule has 0 bridgehead atoms. The lowest BCUT2D eigenvalue weighted by atomic mass is 9.86. The van der Waals surface area contributed by atoms with Crippen molar-refractivity contribution in [2.75, 3.05) is 26.7 Å². The Morgan fingerprint density at radius 1 is 0.898 bits per heavy atom. The molecule has 12 heteroatoms. The third-order valence-electron chi connectivity index (χ3n) is 9.27. The van der Waals surface area contributed by atoms with Gasteiger partial charge in [-0.1, -0.05) is 48.5 Å². The first-order valence-electron chi connectivity index (χ1n) is 16.4. The average molecular weight is 658 g/mol. The maximum absolute atomic E-state index is 13.7. The number of imidazole rings is 1. The van der Waals surface area contributed by atoms with Crippen molar-refractivity contribution >= 4 is 28.6 Å². The van der Waals surface area contributed by atoms with Gasteiger partial charge in [-0.05, 0) is 62.6 Å². The first-order chi connectivity index (χ1) is 23.8. The topological polar surface area (TPSA) is 132 Å². The number of nitrogens with one attached hydrogen (secondary N) is 2. The normalized spacial score (nSPS) is 14.6. The summed E-state index contributed by atoms with van der Waals surface area (Å²) in [5, 5.41) is 10.8. The lowest BCUT2D eigenvalue weighted by molar-refractivity contribution is 0.0755. The number of carbonyl (C=O) groups excluding carboxylic acids is 2. The smallest absolute Gasteiger partial charge is 0.291 e. The summed E-state index contributed by atoms with van der Waals surface area (Å²) in [7, 11) is 1.66. The van der Waals surface area contributed by atoms with Crippen LogP contribution in [-0.4, -0.2) is 78.1 Å². The van der Waals surface area contributed by atoms with E-state index in [2.05, 4.69) is 47.7 Å². The van der Waals surface area contributed by atoms with Crippen molar-refractivity contribution in [3.05, 3.63) is 119 Å². The molecule has 250 valence electrons. The molecule has 0 aliphatic carbocycles. The molecule has 0 saturated carbocycles. The molecular formula is C37H39N9O3. The van der Waals surface area contributed by atoms with Crippen LogP contribution in [0.4, 0.5) is 0 Å². The number of amides is 2. The molecular weight excluding hydrogens is 618 g/mol. The standard InChI is InChI=1S/C37H39N9O3/c1-25-19-26(2)46-36(40-25)41-33(43-46)35(48)42-37(15-17-44(18-16-37)21-27-9-5-4-6-10-27)23-38-34(47)28-13-14-31-30(20-28)39-24-45(31)22-29-11-7-8-12-32(29)49-3/h4-14,19-20,24H,15-18,21-23H2,1-3H3,(H,38,47)(H,42,48). The minimum Gasteiger partial charge on any atom is -0.496 e. The minimum absolute atomic E-state index is 0.0489. The number of fused-ring (bicyclic) bond motifs is 2. The van der Waals surface area contributed by atoms with Crippen LogP contribution in [0, 0.1) is 13.8 Å². The van der Waals surface area contributed by atoms with Crippen molar-refractivity contribution < 1.29 is 14.3 Å². The van der Waals surface area contributed by atoms with Crippen LogP contribution in [0.15, 0.2) is 85.2 Å². The molecule has 2 amide bonds. The van der Waals surface area contributed by atoms with E-state index in [4.69, 9.17) is 4.74 Å². The molecule has 1 saturated heterocycles. The van der Waals surface area contributed by atoms with E-state index >= 15 is 0 Å². The zero-order chi connectivity index (χ0) is 34.0. The van der Waals surface area contributed by atoms with Crippen LogP contribution in [-0.2, 0) is 13.1 Å². The van der Waals surface area contributed by atoms with Crippen molar-refractivity contribution in [3.63, 3.8) is 0 Å². The van der Waals surface area contributed by atoms with E-state index in [9.17, 15) is 9.59 Å². The highest BCUT2D eigenvalue weighted by atomic mass is 16.5. The summed E-state index contributed by atoms with van der Waals surface area (Å²) in [6.45, 7) is 6.94. The molecule has 1 aliphatic rings. The van der Waals surface area contributed by atoms with Gasteiger partial charge in [0.1, 0.15) is 5.75 Å². The molecule has 0 unspecified atom stereocenters. The monoisotopic (exact) mass is 657 g/mol. The van der Waals surface area contributed by atoms with Crippen molar-refractivity contribution in [3.8, 4) is 5.75 Å². The lowest BCUT2D eigenvalue weighted by Gasteiger charge is -2.42. The maximum atomic E-state index is 13.7. The van der Waals surface area contributed by atoms with Gasteiger partial charge in [-0.15, -0.1) is 5.10 Å². The number of nitrogens with zero attached hydrogens (tertiary/aromatic N) is 7. The molecule has 3 aromatic carbocycles. The van der Waals surface area contributed by atoms with Gasteiger partial charge < -0.3 is 19.9 Å². The van der Waals surface area contributed by atoms with E-state index in [1.54, 1.807) is 24.0 Å². The van der Waals surface area contributed by atoms with Gasteiger partial charge in [-0.3, -0.25) is 14.5 Å². The van der Waals surface area contributed by atoms with E-state index in [1.807, 2.05) is 79.1 Å². The molecule has 1 fully saturated rings. The summed E-state index contributed by atoms with van der Waals surface area (Å²) < 4.78 is 9.13. The molecule has 0 radical (unpaired) electrons. The number of likely N-dealkylation sites (tertiary alicyclic amines) is 1. The van der Waals surface area contributed by atoms with Crippen LogP contribution in [0.25, 0.3) is 16.8 Å². The molecule has 7 rings (SSSR count). The molecule has 1 aliphatic heterocycles. The highest BCUT2D eigenvalue weighted by molar-refractivity contribution is 5.97. The Balaban J connectivity index is 1.08. The largest absolute Gasteiger partial charge is 0.496 e. The Kier molecular flexibility index (Phi) is 8.79. The number of ether oxygens (including phenoxy) is 1. The Labute approximate surface area is 284 Å². The molecule has 2 N–H and O–H groups in total. The number of carbonyl (C=O) groups is 2. The minimum atomic E-state index is -0.698. The third kappa shape index (κ3) is 6.86. The van der Waals surface area contributed by atoms with Gasteiger partial charge in [0.05, 0.1) is 36.6 Å². The van der Waals surface area contributed by atoms with Crippen LogP contribution in [0.1, 0.15) is 56.3 Å². The van der Waals surface area contributed by atoms with E-state index in [0.29, 0.717) is 30.7 Å². The molecule has 4 heterocycles. The van der Waals surface area contributed by atoms with Gasteiger partial charge in [0.2, 0.25) is 5.82 Å². The number of benzene rings is 3. The van der Waals surface area contributed by atoms with Gasteiger partial charge in [-0.2, -0.15) is 4.98 Å². The first-order valence-corrected chi connectivity index (χ1v) is 16.4. The van der Waals surface area contributed by atoms with Crippen LogP contribution >= 0.6 is 0 Å². The van der Waals surface area contributed by atoms with Gasteiger partial charge in [0, 0.05) is 48.7 Å². The summed E-state index contributed by atoms with van der Waals surface area (Å²) in [6.07, 6.45) is 3.06. The SMILES string of the molecule is COc1ccccc1Cn1cnc2cc(C(=O)NCC3(NC(=O)c4nc5nc(C)cc(C)n5n4)CCN(Cc4ccccc4)CC3)ccc21. The Morgan fingerprint density at radius 2 is 1.67 bits per heavy atom. The fourth-order valence-corrected chi connectivity index (χ4v) is 6.59. The number of hydrogen-bond acceptors (Lipinski definition) is 8. The number of aromatic nitrogens is 6. The van der Waals surface area contributed by atoms with Gasteiger partial charge >= 0.3 is 0 Å². The van der Waals surface area contributed by atoms with Crippen molar-refractivity contribution in [1.82, 2.24) is 44.7 Å². The summed E-state index contributed by atoms with van der Waals surface area (Å²) in [5.74, 6) is 0.611. The summed E-state index contributed by atoms with van der Waals surface area (Å²) >= 11 is 0. The molecule has 3 aromatic heterocycles. The van der Waals surface area contributed by atoms with E-state index < -0.39 is 11.4 Å². The fraction of sp³-hybridized carbons (Fsp3) is 0.297. The number of rotatable bonds is 10. The maximum Gasteiger partial charge on any atom is 0.291 e. The van der Waals surface area contributed by atoms with Gasteiger partial charge in [0.15, 0.2) is 0 Å². The number of para-hydroxylation sites is 1. The summed E-state index contributed by atoms with van der Waals surface area (Å²) in [5.41, 5.74) is 5.35. The zero-order valence-electron chi connectivity index (χ0n) is 27.9. The second-order valence-electron chi connectivity index (χ2n) is 12.8. The van der Waals surface area contributed by atoms with E-state index in [1.165, 1.54) is 5.56 Å². The number of hydrogen-bond donors (Lipinski definition) is 2. The van der Waals surface area contributed by atoms with Crippen LogP contribution in [0.2, 0.25) is 0 Å². The zero-order valence-corrected chi connectivity index (χ0v) is 27.9. The Hall–Kier alpha value is -5.62. The molecule has 0 atom stereocenters. The van der Waals surface area contributed by atoms with Crippen LogP contribution < -0.4 is 15.4 Å². The first kappa shape index (κ1) is 32.0. The second-order valence-corrected chi connectivity index (χ2v) is 12.8. The highest BCUT2D eigenvalue weighted by Gasteiger charge is 2.37. The van der Waals surface area contributed by atoms with Crippen molar-refractivity contribution in [2.24, 2.45) is 0 Å². The summed E-state index contributed by atoms with van der Waals surface area (Å²) in [4.78, 5) is 43.1. The highest BCUT2D eigenvalue weighted by Crippen LogP contribution is 2.25. The molecule has 6 aromatic rings. The van der Waals surface area contributed by atoms with Gasteiger partial charge in [0.25, 0.3) is 17.6 Å². The average Bonchev–Trinajstić information content (AvgIpc) is 3.73. The van der Waals surface area contributed by atoms with Gasteiger partial charge in [-0.25, -0.2) is 14.5 Å². The second kappa shape index (κ2) is 13.5. The molecule has 49 heavy (non-hydrogen) atoms. The quantitative estimate of drug-likeness (QED) is 0.223.